The maximum atomic E-state index is 11.2. The third-order valence-corrected chi connectivity index (χ3v) is 3.60. The number of nitrogens with zero attached hydrogens (tertiary/aromatic N) is 1. The van der Waals surface area contributed by atoms with Gasteiger partial charge in [0.25, 0.3) is 11.8 Å². The van der Waals surface area contributed by atoms with Crippen LogP contribution in [-0.2, 0) is 14.4 Å². The van der Waals surface area contributed by atoms with Crippen LogP contribution in [0.25, 0.3) is 6.08 Å². The lowest BCUT2D eigenvalue weighted by atomic mass is 10.1. The zero-order valence-corrected chi connectivity index (χ0v) is 14.6. The standard InChI is InChI=1S/C12H12O2.C10H7NO2/c1-10(12(13)14)6-5-9-11-7-3-2-4-8-11;12-9-6-7-10(13)11(9)8-4-2-1-3-5-8/h2-5,7-9H,1,6H2,(H,13,14);1-7H. The average molecular weight is 361 g/mol. The number of hydrogen-bond donors (Lipinski definition) is 1. The second kappa shape index (κ2) is 9.68. The minimum atomic E-state index is -0.942. The number of carbonyl (C=O) groups is 3. The third-order valence-electron chi connectivity index (χ3n) is 3.60. The lowest BCUT2D eigenvalue weighted by Crippen LogP contribution is -2.29. The number of carboxylic acids is 1. The summed E-state index contributed by atoms with van der Waals surface area (Å²) < 4.78 is 0. The molecule has 0 aromatic heterocycles. The molecule has 0 radical (unpaired) electrons. The van der Waals surface area contributed by atoms with Crippen molar-refractivity contribution in [1.29, 1.82) is 0 Å². The molecule has 136 valence electrons. The van der Waals surface area contributed by atoms with Crippen molar-refractivity contribution >= 4 is 29.5 Å². The highest BCUT2D eigenvalue weighted by Gasteiger charge is 2.24. The summed E-state index contributed by atoms with van der Waals surface area (Å²) in [5, 5.41) is 8.55. The summed E-state index contributed by atoms with van der Waals surface area (Å²) >= 11 is 0. The van der Waals surface area contributed by atoms with Gasteiger partial charge >= 0.3 is 5.97 Å². The van der Waals surface area contributed by atoms with E-state index < -0.39 is 5.97 Å². The number of aliphatic carboxylic acids is 1. The molecule has 5 nitrogen and oxygen atoms in total. The first-order valence-electron chi connectivity index (χ1n) is 8.23. The smallest absolute Gasteiger partial charge is 0.331 e. The van der Waals surface area contributed by atoms with E-state index in [4.69, 9.17) is 5.11 Å². The summed E-state index contributed by atoms with van der Waals surface area (Å²) in [5.41, 5.74) is 1.88. The summed E-state index contributed by atoms with van der Waals surface area (Å²) in [6.07, 6.45) is 6.61. The van der Waals surface area contributed by atoms with E-state index in [2.05, 4.69) is 6.58 Å². The van der Waals surface area contributed by atoms with Gasteiger partial charge in [0.15, 0.2) is 0 Å². The number of hydrogen-bond acceptors (Lipinski definition) is 3. The van der Waals surface area contributed by atoms with Gasteiger partial charge in [0.1, 0.15) is 0 Å². The van der Waals surface area contributed by atoms with Crippen molar-refractivity contribution in [3.05, 3.63) is 96.6 Å². The van der Waals surface area contributed by atoms with Gasteiger partial charge in [-0.1, -0.05) is 67.3 Å². The molecule has 1 heterocycles. The van der Waals surface area contributed by atoms with Crippen molar-refractivity contribution in [1.82, 2.24) is 0 Å². The molecule has 0 spiro atoms. The first-order chi connectivity index (χ1) is 13.0. The molecule has 0 saturated heterocycles. The first kappa shape index (κ1) is 19.6. The average Bonchev–Trinajstić information content (AvgIpc) is 3.02. The molecule has 0 unspecified atom stereocenters. The molecule has 1 aliphatic heterocycles. The molecule has 0 fully saturated rings. The number of anilines is 1. The topological polar surface area (TPSA) is 74.7 Å². The fourth-order valence-electron chi connectivity index (χ4n) is 2.22. The van der Waals surface area contributed by atoms with Gasteiger partial charge in [0.05, 0.1) is 5.69 Å². The third kappa shape index (κ3) is 5.93. The summed E-state index contributed by atoms with van der Waals surface area (Å²) in [7, 11) is 0. The van der Waals surface area contributed by atoms with E-state index in [9.17, 15) is 14.4 Å². The van der Waals surface area contributed by atoms with E-state index >= 15 is 0 Å². The second-order valence-electron chi connectivity index (χ2n) is 5.61. The van der Waals surface area contributed by atoms with E-state index in [1.165, 1.54) is 12.2 Å². The van der Waals surface area contributed by atoms with Crippen molar-refractivity contribution in [2.75, 3.05) is 4.90 Å². The fraction of sp³-hybridized carbons (Fsp3) is 0.0455. The van der Waals surface area contributed by atoms with Crippen molar-refractivity contribution in [3.63, 3.8) is 0 Å². The lowest BCUT2D eigenvalue weighted by Gasteiger charge is -2.12. The fourth-order valence-corrected chi connectivity index (χ4v) is 2.22. The molecule has 2 amide bonds. The number of benzene rings is 2. The number of allylic oxidation sites excluding steroid dienone is 1. The molecule has 2 aromatic carbocycles. The van der Waals surface area contributed by atoms with Crippen LogP contribution in [0.15, 0.2) is 91.0 Å². The summed E-state index contributed by atoms with van der Waals surface area (Å²) in [5.74, 6) is -1.50. The summed E-state index contributed by atoms with van der Waals surface area (Å²) in [4.78, 5) is 34.0. The molecule has 3 rings (SSSR count). The van der Waals surface area contributed by atoms with Crippen molar-refractivity contribution in [2.45, 2.75) is 6.42 Å². The molecule has 5 heteroatoms. The maximum absolute atomic E-state index is 11.2. The van der Waals surface area contributed by atoms with Crippen molar-refractivity contribution in [2.24, 2.45) is 0 Å². The van der Waals surface area contributed by atoms with E-state index in [1.807, 2.05) is 42.5 Å². The van der Waals surface area contributed by atoms with Crippen LogP contribution in [0.5, 0.6) is 0 Å². The van der Waals surface area contributed by atoms with E-state index in [-0.39, 0.29) is 17.4 Å². The molecule has 0 saturated carbocycles. The Balaban J connectivity index is 0.000000194. The number of imide groups is 1. The number of carbonyl (C=O) groups excluding carboxylic acids is 2. The predicted molar refractivity (Wildman–Crippen MR) is 105 cm³/mol. The lowest BCUT2D eigenvalue weighted by molar-refractivity contribution is -0.132. The Kier molecular flexibility index (Phi) is 7.02. The van der Waals surface area contributed by atoms with Gasteiger partial charge in [0, 0.05) is 17.7 Å². The second-order valence-corrected chi connectivity index (χ2v) is 5.61. The van der Waals surface area contributed by atoms with Crippen molar-refractivity contribution in [3.8, 4) is 0 Å². The molecule has 0 bridgehead atoms. The minimum Gasteiger partial charge on any atom is -0.478 e. The van der Waals surface area contributed by atoms with Gasteiger partial charge in [-0.05, 0) is 24.1 Å². The molecular weight excluding hydrogens is 342 g/mol. The van der Waals surface area contributed by atoms with E-state index in [0.29, 0.717) is 12.1 Å². The van der Waals surface area contributed by atoms with E-state index in [0.717, 1.165) is 10.5 Å². The normalized spacial score (nSPS) is 12.8. The highest BCUT2D eigenvalue weighted by molar-refractivity contribution is 6.28. The SMILES string of the molecule is C=C(CC=Cc1ccccc1)C(=O)O.O=C1C=CC(=O)N1c1ccccc1. The first-order valence-corrected chi connectivity index (χ1v) is 8.23. The molecule has 0 aliphatic carbocycles. The Hall–Kier alpha value is -3.73. The Morgan fingerprint density at radius 2 is 1.44 bits per heavy atom. The highest BCUT2D eigenvalue weighted by Crippen LogP contribution is 2.17. The number of carboxylic acid groups (broad SMARTS) is 1. The van der Waals surface area contributed by atoms with Crippen LogP contribution in [0.3, 0.4) is 0 Å². The molecule has 27 heavy (non-hydrogen) atoms. The Morgan fingerprint density at radius 1 is 0.926 bits per heavy atom. The van der Waals surface area contributed by atoms with Gasteiger partial charge < -0.3 is 5.11 Å². The number of amides is 2. The van der Waals surface area contributed by atoms with Gasteiger partial charge in [-0.15, -0.1) is 0 Å². The maximum Gasteiger partial charge on any atom is 0.331 e. The monoisotopic (exact) mass is 361 g/mol. The molecule has 2 aromatic rings. The molecule has 1 aliphatic rings. The van der Waals surface area contributed by atoms with Crippen LogP contribution in [0.1, 0.15) is 12.0 Å². The molecule has 0 atom stereocenters. The van der Waals surface area contributed by atoms with Gasteiger partial charge in [0.2, 0.25) is 0 Å². The van der Waals surface area contributed by atoms with Crippen LogP contribution in [-0.4, -0.2) is 22.9 Å². The van der Waals surface area contributed by atoms with Gasteiger partial charge in [-0.25, -0.2) is 9.69 Å². The summed E-state index contributed by atoms with van der Waals surface area (Å²) in [6, 6.07) is 18.6. The predicted octanol–water partition coefficient (Wildman–Crippen LogP) is 3.85. The Morgan fingerprint density at radius 3 is 1.96 bits per heavy atom. The van der Waals surface area contributed by atoms with Gasteiger partial charge in [-0.2, -0.15) is 0 Å². The quantitative estimate of drug-likeness (QED) is 0.648. The molecule has 1 N–H and O–H groups in total. The van der Waals surface area contributed by atoms with E-state index in [1.54, 1.807) is 30.3 Å². The van der Waals surface area contributed by atoms with Crippen LogP contribution in [0.4, 0.5) is 5.69 Å². The van der Waals surface area contributed by atoms with Crippen LogP contribution in [0, 0.1) is 0 Å². The summed E-state index contributed by atoms with van der Waals surface area (Å²) in [6.45, 7) is 3.43. The number of rotatable bonds is 5. The zero-order valence-electron chi connectivity index (χ0n) is 14.6. The highest BCUT2D eigenvalue weighted by atomic mass is 16.4. The molecular formula is C22H19NO4. The van der Waals surface area contributed by atoms with Crippen LogP contribution < -0.4 is 4.90 Å². The Labute approximate surface area is 157 Å². The van der Waals surface area contributed by atoms with Crippen LogP contribution >= 0.6 is 0 Å². The van der Waals surface area contributed by atoms with Crippen LogP contribution in [0.2, 0.25) is 0 Å². The minimum absolute atomic E-state index is 0.206. The Bertz CT molecular complexity index is 865. The van der Waals surface area contributed by atoms with Crippen molar-refractivity contribution < 1.29 is 19.5 Å². The largest absolute Gasteiger partial charge is 0.478 e. The zero-order chi connectivity index (χ0) is 19.6. The van der Waals surface area contributed by atoms with Gasteiger partial charge in [-0.3, -0.25) is 9.59 Å². The number of para-hydroxylation sites is 1.